The van der Waals surface area contributed by atoms with Gasteiger partial charge in [-0.2, -0.15) is 0 Å². The highest BCUT2D eigenvalue weighted by Crippen LogP contribution is 2.16. The average molecular weight is 945 g/mol. The van der Waals surface area contributed by atoms with Crippen LogP contribution in [0.15, 0.2) is 97.2 Å². The number of amides is 1. The van der Waals surface area contributed by atoms with Crippen molar-refractivity contribution in [2.75, 3.05) is 6.61 Å². The summed E-state index contributed by atoms with van der Waals surface area (Å²) >= 11 is 0. The molecule has 0 saturated heterocycles. The van der Waals surface area contributed by atoms with Crippen LogP contribution in [0.3, 0.4) is 0 Å². The number of hydrogen-bond acceptors (Lipinski definition) is 3. The van der Waals surface area contributed by atoms with Gasteiger partial charge in [-0.25, -0.2) is 0 Å². The quantitative estimate of drug-likeness (QED) is 0.0420. The summed E-state index contributed by atoms with van der Waals surface area (Å²) in [5.74, 6) is -0.0830. The van der Waals surface area contributed by atoms with Crippen LogP contribution in [0.1, 0.15) is 284 Å². The van der Waals surface area contributed by atoms with Gasteiger partial charge in [0.1, 0.15) is 0 Å². The summed E-state index contributed by atoms with van der Waals surface area (Å²) in [6, 6.07) is -0.655. The molecule has 0 fully saturated rings. The van der Waals surface area contributed by atoms with Gasteiger partial charge >= 0.3 is 0 Å². The summed E-state index contributed by atoms with van der Waals surface area (Å²) < 4.78 is 0. The van der Waals surface area contributed by atoms with Gasteiger partial charge in [-0.05, 0) is 89.9 Å². The summed E-state index contributed by atoms with van der Waals surface area (Å²) in [6.45, 7) is 4.20. The maximum Gasteiger partial charge on any atom is 0.220 e. The second-order valence-corrected chi connectivity index (χ2v) is 19.7. The van der Waals surface area contributed by atoms with E-state index in [0.717, 1.165) is 70.6 Å². The largest absolute Gasteiger partial charge is 0.394 e. The van der Waals surface area contributed by atoms with Crippen molar-refractivity contribution < 1.29 is 15.0 Å². The second kappa shape index (κ2) is 58.6. The first-order valence-electron chi connectivity index (χ1n) is 29.5. The fourth-order valence-corrected chi connectivity index (χ4v) is 8.59. The van der Waals surface area contributed by atoms with E-state index in [0.29, 0.717) is 6.42 Å². The van der Waals surface area contributed by atoms with Crippen LogP contribution < -0.4 is 5.32 Å². The lowest BCUT2D eigenvalue weighted by Gasteiger charge is -2.19. The van der Waals surface area contributed by atoms with Crippen LogP contribution in [0.4, 0.5) is 0 Å². The molecule has 0 rings (SSSR count). The lowest BCUT2D eigenvalue weighted by atomic mass is 10.0. The highest BCUT2D eigenvalue weighted by Gasteiger charge is 2.18. The molecule has 392 valence electrons. The molecule has 0 heterocycles. The molecule has 0 radical (unpaired) electrons. The van der Waals surface area contributed by atoms with E-state index in [-0.39, 0.29) is 12.5 Å². The summed E-state index contributed by atoms with van der Waals surface area (Å²) in [5.41, 5.74) is 0. The normalized spacial score (nSPS) is 13.5. The molecule has 4 heteroatoms. The molecule has 68 heavy (non-hydrogen) atoms. The van der Waals surface area contributed by atoms with E-state index in [4.69, 9.17) is 0 Å². The van der Waals surface area contributed by atoms with E-state index in [2.05, 4.69) is 104 Å². The highest BCUT2D eigenvalue weighted by atomic mass is 16.3. The Morgan fingerprint density at radius 2 is 0.662 bits per heavy atom. The number of aliphatic hydroxyl groups is 2. The van der Waals surface area contributed by atoms with Crippen LogP contribution >= 0.6 is 0 Å². The van der Waals surface area contributed by atoms with Crippen molar-refractivity contribution in [1.82, 2.24) is 5.32 Å². The van der Waals surface area contributed by atoms with Gasteiger partial charge in [-0.3, -0.25) is 4.79 Å². The first-order valence-corrected chi connectivity index (χ1v) is 29.5. The third-order valence-corrected chi connectivity index (χ3v) is 13.0. The molecule has 1 amide bonds. The molecule has 0 saturated carbocycles. The monoisotopic (exact) mass is 944 g/mol. The van der Waals surface area contributed by atoms with Crippen LogP contribution in [-0.2, 0) is 4.79 Å². The molecule has 0 aliphatic carbocycles. The predicted octanol–water partition coefficient (Wildman–Crippen LogP) is 19.7. The topological polar surface area (TPSA) is 69.6 Å². The number of aliphatic hydroxyl groups excluding tert-OH is 2. The van der Waals surface area contributed by atoms with Gasteiger partial charge in [0.25, 0.3) is 0 Å². The minimum atomic E-state index is -0.879. The van der Waals surface area contributed by atoms with Crippen molar-refractivity contribution in [3.63, 3.8) is 0 Å². The number of unbranched alkanes of at least 4 members (excludes halogenated alkanes) is 32. The number of allylic oxidation sites excluding steroid dienone is 15. The van der Waals surface area contributed by atoms with Crippen LogP contribution in [0.25, 0.3) is 0 Å². The Labute approximate surface area is 424 Å². The summed E-state index contributed by atoms with van der Waals surface area (Å²) in [7, 11) is 0. The fourth-order valence-electron chi connectivity index (χ4n) is 8.59. The van der Waals surface area contributed by atoms with Gasteiger partial charge in [-0.1, -0.05) is 284 Å². The van der Waals surface area contributed by atoms with Crippen molar-refractivity contribution in [1.29, 1.82) is 0 Å². The summed E-state index contributed by atoms with van der Waals surface area (Å²) in [6.07, 6.45) is 87.2. The Kier molecular flexibility index (Phi) is 56.3. The summed E-state index contributed by atoms with van der Waals surface area (Å²) in [5, 5.41) is 23.2. The Morgan fingerprint density at radius 3 is 1.03 bits per heavy atom. The molecule has 0 spiro atoms. The molecule has 4 nitrogen and oxygen atoms in total. The Balaban J connectivity index is 3.59. The van der Waals surface area contributed by atoms with Crippen molar-refractivity contribution >= 4 is 5.91 Å². The molecule has 0 aliphatic rings. The number of carbonyl (C=O) groups excluding carboxylic acids is 1. The molecule has 2 unspecified atom stereocenters. The van der Waals surface area contributed by atoms with E-state index in [1.54, 1.807) is 6.08 Å². The second-order valence-electron chi connectivity index (χ2n) is 19.7. The van der Waals surface area contributed by atoms with Crippen molar-refractivity contribution in [2.24, 2.45) is 0 Å². The van der Waals surface area contributed by atoms with Crippen molar-refractivity contribution in [2.45, 2.75) is 296 Å². The Hall–Kier alpha value is -2.69. The number of carbonyl (C=O) groups is 1. The highest BCUT2D eigenvalue weighted by molar-refractivity contribution is 5.76. The first-order chi connectivity index (χ1) is 33.7. The molecule has 0 bridgehead atoms. The lowest BCUT2D eigenvalue weighted by Crippen LogP contribution is -2.45. The molecule has 0 aliphatic heterocycles. The average Bonchev–Trinajstić information content (AvgIpc) is 3.34. The molecule has 0 aromatic carbocycles. The zero-order valence-electron chi connectivity index (χ0n) is 45.1. The molecule has 0 aromatic heterocycles. The van der Waals surface area contributed by atoms with Gasteiger partial charge < -0.3 is 15.5 Å². The minimum Gasteiger partial charge on any atom is -0.394 e. The van der Waals surface area contributed by atoms with Gasteiger partial charge in [0.15, 0.2) is 0 Å². The van der Waals surface area contributed by atoms with Gasteiger partial charge in [0.2, 0.25) is 5.91 Å². The zero-order chi connectivity index (χ0) is 49.2. The number of hydrogen-bond donors (Lipinski definition) is 3. The SMILES string of the molecule is CC/C=C\C/C=C\C/C=C\C/C=C\C/C=C\CCCCCCCCCCCCCC(=O)NC(CO)C(O)/C=C/CC/C=C/CC/C=C/CCCCCCCCCCCCCCCCCCCCC. The predicted molar refractivity (Wildman–Crippen MR) is 303 cm³/mol. The maximum atomic E-state index is 12.5. The smallest absolute Gasteiger partial charge is 0.220 e. The Morgan fingerprint density at radius 1 is 0.368 bits per heavy atom. The van der Waals surface area contributed by atoms with Crippen LogP contribution in [0.5, 0.6) is 0 Å². The zero-order valence-corrected chi connectivity index (χ0v) is 45.1. The van der Waals surface area contributed by atoms with E-state index < -0.39 is 12.1 Å². The van der Waals surface area contributed by atoms with Gasteiger partial charge in [0.05, 0.1) is 18.8 Å². The molecular formula is C64H113NO3. The van der Waals surface area contributed by atoms with Crippen molar-refractivity contribution in [3.8, 4) is 0 Å². The van der Waals surface area contributed by atoms with Gasteiger partial charge in [0, 0.05) is 6.42 Å². The van der Waals surface area contributed by atoms with E-state index in [9.17, 15) is 15.0 Å². The number of rotatable bonds is 53. The minimum absolute atomic E-state index is 0.0830. The maximum absolute atomic E-state index is 12.5. The molecule has 0 aromatic rings. The van der Waals surface area contributed by atoms with Crippen LogP contribution in [0.2, 0.25) is 0 Å². The van der Waals surface area contributed by atoms with E-state index in [1.807, 2.05) is 6.08 Å². The van der Waals surface area contributed by atoms with E-state index >= 15 is 0 Å². The van der Waals surface area contributed by atoms with Crippen LogP contribution in [0, 0.1) is 0 Å². The standard InChI is InChI=1S/C64H113NO3/c1-3-5-7-9-11-13-15-17-19-21-23-25-27-29-31-32-34-35-37-39-41-43-45-47-49-51-53-55-57-59-63(67)62(61-66)65-64(68)60-58-56-54-52-50-48-46-44-42-40-38-36-33-30-28-26-24-22-20-18-16-14-12-10-8-6-4-2/h6,8,12,14,18,20,24,26,30,33,41,43,49,51,57,59,62-63,66-67H,3-5,7,9-11,13,15-17,19,21-23,25,27-29,31-32,34-40,42,44-48,50,52-56,58,60-61H2,1-2H3,(H,65,68)/b8-6-,14-12-,20-18-,26-24-,33-30-,43-41+,51-49+,59-57+. The molecular weight excluding hydrogens is 831 g/mol. The Bertz CT molecular complexity index is 1250. The lowest BCUT2D eigenvalue weighted by molar-refractivity contribution is -0.123. The number of nitrogens with one attached hydrogen (secondary N) is 1. The van der Waals surface area contributed by atoms with Gasteiger partial charge in [-0.15, -0.1) is 0 Å². The summed E-state index contributed by atoms with van der Waals surface area (Å²) in [4.78, 5) is 12.5. The van der Waals surface area contributed by atoms with Crippen LogP contribution in [-0.4, -0.2) is 34.9 Å². The molecule has 2 atom stereocenters. The fraction of sp³-hybridized carbons (Fsp3) is 0.734. The van der Waals surface area contributed by atoms with E-state index in [1.165, 1.54) is 193 Å². The molecule has 3 N–H and O–H groups in total. The first kappa shape index (κ1) is 65.3. The third-order valence-electron chi connectivity index (χ3n) is 13.0. The van der Waals surface area contributed by atoms with Crippen molar-refractivity contribution in [3.05, 3.63) is 97.2 Å². The third kappa shape index (κ3) is 54.3.